The third kappa shape index (κ3) is 3.67. The van der Waals surface area contributed by atoms with Crippen LogP contribution in [0.4, 0.5) is 0 Å². The van der Waals surface area contributed by atoms with Crippen molar-refractivity contribution in [1.82, 2.24) is 0 Å². The molecular formula is C13H15IO3. The first-order valence-corrected chi connectivity index (χ1v) is 6.83. The molecule has 1 aromatic rings. The van der Waals surface area contributed by atoms with Crippen LogP contribution in [0, 0.1) is 9.49 Å². The van der Waals surface area contributed by atoms with Gasteiger partial charge in [-0.05, 0) is 59.5 Å². The average Bonchev–Trinajstić information content (AvgIpc) is 2.38. The molecule has 0 amide bonds. The molecule has 3 nitrogen and oxygen atoms in total. The molecule has 1 aliphatic rings. The Bertz CT molecular complexity index is 386. The van der Waals surface area contributed by atoms with Crippen LogP contribution < -0.4 is 4.74 Å². The molecule has 1 heterocycles. The fourth-order valence-corrected chi connectivity index (χ4v) is 2.52. The highest BCUT2D eigenvalue weighted by atomic mass is 127. The molecule has 4 heteroatoms. The molecule has 1 fully saturated rings. The van der Waals surface area contributed by atoms with Crippen LogP contribution in [0.2, 0.25) is 0 Å². The minimum absolute atomic E-state index is 0.588. The van der Waals surface area contributed by atoms with Crippen LogP contribution in [0.15, 0.2) is 18.2 Å². The topological polar surface area (TPSA) is 35.5 Å². The number of halogens is 1. The van der Waals surface area contributed by atoms with Crippen LogP contribution in [-0.2, 0) is 4.74 Å². The normalized spacial score (nSPS) is 16.8. The van der Waals surface area contributed by atoms with E-state index in [1.807, 2.05) is 12.1 Å². The Labute approximate surface area is 115 Å². The lowest BCUT2D eigenvalue weighted by molar-refractivity contribution is 0.0496. The summed E-state index contributed by atoms with van der Waals surface area (Å²) in [4.78, 5) is 10.6. The van der Waals surface area contributed by atoms with Crippen molar-refractivity contribution >= 4 is 28.9 Å². The molecule has 2 rings (SSSR count). The maximum Gasteiger partial charge on any atom is 0.150 e. The van der Waals surface area contributed by atoms with Crippen LogP contribution in [0.1, 0.15) is 23.2 Å². The second-order valence-electron chi connectivity index (χ2n) is 4.17. The van der Waals surface area contributed by atoms with Crippen molar-refractivity contribution in [2.24, 2.45) is 5.92 Å². The molecule has 1 saturated heterocycles. The molecule has 0 aromatic heterocycles. The summed E-state index contributed by atoms with van der Waals surface area (Å²) < 4.78 is 12.1. The first-order valence-electron chi connectivity index (χ1n) is 5.75. The highest BCUT2D eigenvalue weighted by Gasteiger charge is 2.15. The standard InChI is InChI=1S/C13H15IO3/c14-12-7-11(8-15)1-2-13(12)17-9-10-3-5-16-6-4-10/h1-2,7-8,10H,3-6,9H2. The minimum Gasteiger partial charge on any atom is -0.492 e. The summed E-state index contributed by atoms with van der Waals surface area (Å²) in [7, 11) is 0. The molecule has 0 N–H and O–H groups in total. The molecule has 17 heavy (non-hydrogen) atoms. The smallest absolute Gasteiger partial charge is 0.150 e. The van der Waals surface area contributed by atoms with Crippen LogP contribution in [0.3, 0.4) is 0 Å². The molecule has 0 aliphatic carbocycles. The summed E-state index contributed by atoms with van der Waals surface area (Å²) in [5.74, 6) is 1.45. The average molecular weight is 346 g/mol. The molecule has 1 aromatic carbocycles. The van der Waals surface area contributed by atoms with E-state index in [1.165, 1.54) is 0 Å². The molecule has 0 unspecified atom stereocenters. The molecule has 0 spiro atoms. The number of benzene rings is 1. The number of rotatable bonds is 4. The first kappa shape index (κ1) is 12.8. The maximum atomic E-state index is 10.6. The number of hydrogen-bond donors (Lipinski definition) is 0. The van der Waals surface area contributed by atoms with Crippen molar-refractivity contribution in [2.45, 2.75) is 12.8 Å². The Morgan fingerprint density at radius 1 is 1.41 bits per heavy atom. The maximum absolute atomic E-state index is 10.6. The number of hydrogen-bond acceptors (Lipinski definition) is 3. The quantitative estimate of drug-likeness (QED) is 0.621. The summed E-state index contributed by atoms with van der Waals surface area (Å²) in [5.41, 5.74) is 0.688. The summed E-state index contributed by atoms with van der Waals surface area (Å²) in [6.07, 6.45) is 3.00. The lowest BCUT2D eigenvalue weighted by Crippen LogP contribution is -2.21. The van der Waals surface area contributed by atoms with Crippen LogP contribution in [-0.4, -0.2) is 26.1 Å². The van der Waals surface area contributed by atoms with Crippen molar-refractivity contribution in [3.63, 3.8) is 0 Å². The van der Waals surface area contributed by atoms with E-state index >= 15 is 0 Å². The highest BCUT2D eigenvalue weighted by Crippen LogP contribution is 2.23. The molecular weight excluding hydrogens is 331 g/mol. The van der Waals surface area contributed by atoms with E-state index in [2.05, 4.69) is 22.6 Å². The molecule has 1 aliphatic heterocycles. The van der Waals surface area contributed by atoms with Gasteiger partial charge in [-0.3, -0.25) is 4.79 Å². The Morgan fingerprint density at radius 3 is 2.82 bits per heavy atom. The molecule has 0 saturated carbocycles. The van der Waals surface area contributed by atoms with E-state index < -0.39 is 0 Å². The van der Waals surface area contributed by atoms with Crippen molar-refractivity contribution in [3.05, 3.63) is 27.3 Å². The van der Waals surface area contributed by atoms with Crippen molar-refractivity contribution in [3.8, 4) is 5.75 Å². The van der Waals surface area contributed by atoms with Crippen molar-refractivity contribution in [2.75, 3.05) is 19.8 Å². The second kappa shape index (κ2) is 6.35. The van der Waals surface area contributed by atoms with Gasteiger partial charge in [0.25, 0.3) is 0 Å². The third-order valence-corrected chi connectivity index (χ3v) is 3.75. The van der Waals surface area contributed by atoms with Crippen LogP contribution in [0.25, 0.3) is 0 Å². The van der Waals surface area contributed by atoms with Gasteiger partial charge >= 0.3 is 0 Å². The van der Waals surface area contributed by atoms with Crippen LogP contribution >= 0.6 is 22.6 Å². The zero-order valence-corrected chi connectivity index (χ0v) is 11.7. The molecule has 0 atom stereocenters. The summed E-state index contributed by atoms with van der Waals surface area (Å²) in [6, 6.07) is 5.49. The van der Waals surface area contributed by atoms with E-state index in [0.717, 1.165) is 48.3 Å². The third-order valence-electron chi connectivity index (χ3n) is 2.91. The number of carbonyl (C=O) groups excluding carboxylic acids is 1. The van der Waals surface area contributed by atoms with Gasteiger partial charge in [-0.1, -0.05) is 0 Å². The number of aldehydes is 1. The van der Waals surface area contributed by atoms with E-state index in [4.69, 9.17) is 9.47 Å². The largest absolute Gasteiger partial charge is 0.492 e. The second-order valence-corrected chi connectivity index (χ2v) is 5.34. The predicted molar refractivity (Wildman–Crippen MR) is 73.6 cm³/mol. The van der Waals surface area contributed by atoms with Gasteiger partial charge in [-0.25, -0.2) is 0 Å². The van der Waals surface area contributed by atoms with Gasteiger partial charge in [-0.2, -0.15) is 0 Å². The van der Waals surface area contributed by atoms with Crippen molar-refractivity contribution in [1.29, 1.82) is 0 Å². The van der Waals surface area contributed by atoms with E-state index in [-0.39, 0.29) is 0 Å². The highest BCUT2D eigenvalue weighted by molar-refractivity contribution is 14.1. The molecule has 0 radical (unpaired) electrons. The molecule has 0 bridgehead atoms. The number of carbonyl (C=O) groups is 1. The fourth-order valence-electron chi connectivity index (χ4n) is 1.83. The van der Waals surface area contributed by atoms with Gasteiger partial charge in [0, 0.05) is 18.8 Å². The lowest BCUT2D eigenvalue weighted by Gasteiger charge is -2.22. The predicted octanol–water partition coefficient (Wildman–Crippen LogP) is 2.91. The Morgan fingerprint density at radius 2 is 2.18 bits per heavy atom. The Hall–Kier alpha value is -0.620. The minimum atomic E-state index is 0.588. The first-order chi connectivity index (χ1) is 8.29. The zero-order chi connectivity index (χ0) is 12.1. The summed E-state index contributed by atoms with van der Waals surface area (Å²) in [5, 5.41) is 0. The van der Waals surface area contributed by atoms with Gasteiger partial charge in [0.15, 0.2) is 0 Å². The SMILES string of the molecule is O=Cc1ccc(OCC2CCOCC2)c(I)c1. The lowest BCUT2D eigenvalue weighted by atomic mass is 10.0. The van der Waals surface area contributed by atoms with Crippen LogP contribution in [0.5, 0.6) is 5.75 Å². The Balaban J connectivity index is 1.91. The fraction of sp³-hybridized carbons (Fsp3) is 0.462. The summed E-state index contributed by atoms with van der Waals surface area (Å²) >= 11 is 2.19. The van der Waals surface area contributed by atoms with Gasteiger partial charge in [0.2, 0.25) is 0 Å². The number of ether oxygens (including phenoxy) is 2. The summed E-state index contributed by atoms with van der Waals surface area (Å²) in [6.45, 7) is 2.42. The van der Waals surface area contributed by atoms with E-state index in [0.29, 0.717) is 11.5 Å². The zero-order valence-electron chi connectivity index (χ0n) is 9.52. The van der Waals surface area contributed by atoms with Gasteiger partial charge in [0.1, 0.15) is 12.0 Å². The van der Waals surface area contributed by atoms with Gasteiger partial charge in [0.05, 0.1) is 10.2 Å². The van der Waals surface area contributed by atoms with Gasteiger partial charge in [-0.15, -0.1) is 0 Å². The van der Waals surface area contributed by atoms with Gasteiger partial charge < -0.3 is 9.47 Å². The Kier molecular flexibility index (Phi) is 4.79. The van der Waals surface area contributed by atoms with E-state index in [9.17, 15) is 4.79 Å². The monoisotopic (exact) mass is 346 g/mol. The molecule has 92 valence electrons. The van der Waals surface area contributed by atoms with Crippen molar-refractivity contribution < 1.29 is 14.3 Å². The van der Waals surface area contributed by atoms with E-state index in [1.54, 1.807) is 6.07 Å².